The number of hydrogen-bond donors (Lipinski definition) is 0. The third-order valence-electron chi connectivity index (χ3n) is 12.0. The molecular weight excluding hydrogens is 368 g/mol. The molecule has 5 fully saturated rings. The van der Waals surface area contributed by atoms with E-state index in [1.165, 1.54) is 64.2 Å². The van der Waals surface area contributed by atoms with Crippen LogP contribution in [0.5, 0.6) is 0 Å². The summed E-state index contributed by atoms with van der Waals surface area (Å²) in [7, 11) is 0. The van der Waals surface area contributed by atoms with E-state index >= 15 is 0 Å². The molecular formula is C28H46O2. The highest BCUT2D eigenvalue weighted by Gasteiger charge is 2.60. The molecule has 30 heavy (non-hydrogen) atoms. The molecule has 11 atom stereocenters. The lowest BCUT2D eigenvalue weighted by Crippen LogP contribution is -2.53. The number of hydrogen-bond acceptors (Lipinski definition) is 2. The van der Waals surface area contributed by atoms with Crippen molar-refractivity contribution in [3.05, 3.63) is 0 Å². The fourth-order valence-electron chi connectivity index (χ4n) is 9.89. The van der Waals surface area contributed by atoms with Gasteiger partial charge in [0.2, 0.25) is 0 Å². The Morgan fingerprint density at radius 2 is 1.67 bits per heavy atom. The lowest BCUT2D eigenvalue weighted by Gasteiger charge is -2.61. The monoisotopic (exact) mass is 414 g/mol. The fourth-order valence-corrected chi connectivity index (χ4v) is 9.89. The number of fused-ring (bicyclic) bond motifs is 5. The number of carbonyl (C=O) groups excluding carboxylic acids is 1. The normalized spacial score (nSPS) is 54.5. The summed E-state index contributed by atoms with van der Waals surface area (Å²) in [6, 6.07) is 0. The van der Waals surface area contributed by atoms with Crippen LogP contribution < -0.4 is 0 Å². The van der Waals surface area contributed by atoms with Crippen molar-refractivity contribution < 1.29 is 9.53 Å². The summed E-state index contributed by atoms with van der Waals surface area (Å²) in [5.74, 6) is 5.71. The Labute approximate surface area is 185 Å². The van der Waals surface area contributed by atoms with Gasteiger partial charge < -0.3 is 4.74 Å². The molecule has 1 aliphatic heterocycles. The first-order valence-corrected chi connectivity index (χ1v) is 13.5. The van der Waals surface area contributed by atoms with Crippen LogP contribution in [-0.4, -0.2) is 12.1 Å². The van der Waals surface area contributed by atoms with Gasteiger partial charge in [-0.25, -0.2) is 0 Å². The fraction of sp³-hybridized carbons (Fsp3) is 0.964. The van der Waals surface area contributed by atoms with Gasteiger partial charge >= 0.3 is 5.97 Å². The minimum absolute atomic E-state index is 0.0533. The van der Waals surface area contributed by atoms with E-state index in [0.29, 0.717) is 22.7 Å². The summed E-state index contributed by atoms with van der Waals surface area (Å²) in [4.78, 5) is 12.4. The summed E-state index contributed by atoms with van der Waals surface area (Å²) in [5.41, 5.74) is 1.10. The molecule has 11 unspecified atom stereocenters. The smallest absolute Gasteiger partial charge is 0.309 e. The number of carbonyl (C=O) groups is 1. The number of ether oxygens (including phenoxy) is 1. The summed E-state index contributed by atoms with van der Waals surface area (Å²) in [6.45, 7) is 12.1. The van der Waals surface area contributed by atoms with E-state index in [9.17, 15) is 4.79 Å². The van der Waals surface area contributed by atoms with Crippen molar-refractivity contribution in [2.45, 2.75) is 111 Å². The van der Waals surface area contributed by atoms with Crippen molar-refractivity contribution in [2.24, 2.45) is 58.2 Å². The van der Waals surface area contributed by atoms with Crippen molar-refractivity contribution in [3.63, 3.8) is 0 Å². The average Bonchev–Trinajstić information content (AvgIpc) is 3.07. The summed E-state index contributed by atoms with van der Waals surface area (Å²) < 4.78 is 6.02. The maximum Gasteiger partial charge on any atom is 0.309 e. The second kappa shape index (κ2) is 7.51. The topological polar surface area (TPSA) is 26.3 Å². The van der Waals surface area contributed by atoms with Crippen LogP contribution in [0, 0.1) is 58.2 Å². The zero-order valence-corrected chi connectivity index (χ0v) is 20.3. The lowest BCUT2D eigenvalue weighted by atomic mass is 9.44. The predicted molar refractivity (Wildman–Crippen MR) is 122 cm³/mol. The highest BCUT2D eigenvalue weighted by atomic mass is 16.5. The molecule has 2 heteroatoms. The minimum atomic E-state index is 0.0533. The number of cyclic esters (lactones) is 1. The Morgan fingerprint density at radius 3 is 2.43 bits per heavy atom. The molecule has 1 saturated heterocycles. The molecule has 0 aromatic carbocycles. The Morgan fingerprint density at radius 1 is 0.900 bits per heavy atom. The van der Waals surface area contributed by atoms with Crippen LogP contribution in [0.15, 0.2) is 0 Å². The first kappa shape index (κ1) is 21.3. The van der Waals surface area contributed by atoms with Crippen molar-refractivity contribution in [2.75, 3.05) is 0 Å². The second-order valence-corrected chi connectivity index (χ2v) is 13.0. The van der Waals surface area contributed by atoms with Gasteiger partial charge in [0.05, 0.1) is 5.92 Å². The maximum absolute atomic E-state index is 12.4. The van der Waals surface area contributed by atoms with Crippen LogP contribution in [0.2, 0.25) is 0 Å². The van der Waals surface area contributed by atoms with E-state index in [4.69, 9.17) is 4.74 Å². The molecule has 0 bridgehead atoms. The molecule has 2 nitrogen and oxygen atoms in total. The van der Waals surface area contributed by atoms with E-state index < -0.39 is 0 Å². The molecule has 4 aliphatic carbocycles. The molecule has 5 aliphatic rings. The van der Waals surface area contributed by atoms with Gasteiger partial charge in [-0.15, -0.1) is 0 Å². The van der Waals surface area contributed by atoms with Crippen LogP contribution in [0.4, 0.5) is 0 Å². The molecule has 0 radical (unpaired) electrons. The van der Waals surface area contributed by atoms with E-state index in [-0.39, 0.29) is 18.0 Å². The zero-order valence-electron chi connectivity index (χ0n) is 20.3. The predicted octanol–water partition coefficient (Wildman–Crippen LogP) is 7.26. The summed E-state index contributed by atoms with van der Waals surface area (Å²) in [6.07, 6.45) is 15.8. The van der Waals surface area contributed by atoms with Gasteiger partial charge in [-0.1, -0.05) is 47.5 Å². The van der Waals surface area contributed by atoms with Crippen molar-refractivity contribution >= 4 is 5.97 Å². The Hall–Kier alpha value is -0.530. The van der Waals surface area contributed by atoms with Gasteiger partial charge in [0, 0.05) is 0 Å². The van der Waals surface area contributed by atoms with Crippen LogP contribution in [-0.2, 0) is 9.53 Å². The van der Waals surface area contributed by atoms with E-state index in [1.807, 2.05) is 6.92 Å². The molecule has 5 rings (SSSR count). The van der Waals surface area contributed by atoms with Crippen LogP contribution >= 0.6 is 0 Å². The summed E-state index contributed by atoms with van der Waals surface area (Å²) in [5, 5.41) is 0. The Balaban J connectivity index is 1.35. The summed E-state index contributed by atoms with van der Waals surface area (Å²) >= 11 is 0. The molecule has 0 amide bonds. The lowest BCUT2D eigenvalue weighted by molar-refractivity contribution is -0.171. The van der Waals surface area contributed by atoms with Crippen LogP contribution in [0.1, 0.15) is 105 Å². The standard InChI is InChI=1S/C28H46O2/c1-17-16-25(30-26(29)18(17)2)19(3)22-11-12-23-21-10-9-20-8-6-7-14-27(20,4)24(21)13-15-28(22,23)5/h17-25H,6-16H2,1-5H3. The maximum atomic E-state index is 12.4. The molecule has 1 heterocycles. The average molecular weight is 415 g/mol. The highest BCUT2D eigenvalue weighted by molar-refractivity contribution is 5.73. The van der Waals surface area contributed by atoms with Crippen LogP contribution in [0.3, 0.4) is 0 Å². The number of rotatable bonds is 2. The van der Waals surface area contributed by atoms with Crippen molar-refractivity contribution in [3.8, 4) is 0 Å². The van der Waals surface area contributed by atoms with Crippen LogP contribution in [0.25, 0.3) is 0 Å². The van der Waals surface area contributed by atoms with Gasteiger partial charge in [0.15, 0.2) is 0 Å². The van der Waals surface area contributed by atoms with Gasteiger partial charge in [-0.2, -0.15) is 0 Å². The quantitative estimate of drug-likeness (QED) is 0.444. The van der Waals surface area contributed by atoms with E-state index in [1.54, 1.807) is 0 Å². The van der Waals surface area contributed by atoms with Gasteiger partial charge in [0.25, 0.3) is 0 Å². The van der Waals surface area contributed by atoms with Crippen molar-refractivity contribution in [1.82, 2.24) is 0 Å². The number of esters is 1. The minimum Gasteiger partial charge on any atom is -0.462 e. The van der Waals surface area contributed by atoms with Gasteiger partial charge in [-0.3, -0.25) is 4.79 Å². The van der Waals surface area contributed by atoms with E-state index in [0.717, 1.165) is 36.0 Å². The Bertz CT molecular complexity index is 672. The van der Waals surface area contributed by atoms with Gasteiger partial charge in [0.1, 0.15) is 6.10 Å². The second-order valence-electron chi connectivity index (χ2n) is 13.0. The molecule has 0 aromatic heterocycles. The first-order valence-electron chi connectivity index (χ1n) is 13.5. The highest BCUT2D eigenvalue weighted by Crippen LogP contribution is 2.68. The molecule has 170 valence electrons. The van der Waals surface area contributed by atoms with Gasteiger partial charge in [-0.05, 0) is 110 Å². The molecule has 0 aromatic rings. The van der Waals surface area contributed by atoms with E-state index in [2.05, 4.69) is 27.7 Å². The molecule has 4 saturated carbocycles. The Kier molecular flexibility index (Phi) is 5.34. The third-order valence-corrected chi connectivity index (χ3v) is 12.0. The SMILES string of the molecule is CC1CC(C(C)C2CCC3C4CCC5CCCCC5(C)C4CCC23C)OC(=O)C1C. The molecule has 0 spiro atoms. The molecule has 0 N–H and O–H groups in total. The third kappa shape index (κ3) is 3.05. The largest absolute Gasteiger partial charge is 0.462 e. The zero-order chi connectivity index (χ0) is 21.3. The van der Waals surface area contributed by atoms with Crippen molar-refractivity contribution in [1.29, 1.82) is 0 Å². The first-order chi connectivity index (χ1) is 14.3.